The summed E-state index contributed by atoms with van der Waals surface area (Å²) in [6, 6.07) is 2.57. The molecule has 0 aliphatic carbocycles. The van der Waals surface area contributed by atoms with Crippen LogP contribution in [0.25, 0.3) is 0 Å². The van der Waals surface area contributed by atoms with Gasteiger partial charge in [0.05, 0.1) is 0 Å². The lowest BCUT2D eigenvalue weighted by atomic mass is 10.1. The van der Waals surface area contributed by atoms with Gasteiger partial charge in [0, 0.05) is 37.9 Å². The van der Waals surface area contributed by atoms with Gasteiger partial charge in [-0.15, -0.1) is 0 Å². The predicted octanol–water partition coefficient (Wildman–Crippen LogP) is 1.14. The standard InChI is InChI=1S/C13H23N5O/c1-9(8-14)15-12-7-13(17-10(2)16-12)18-11-3-5-19-6-4-11/h7,9,11H,3-6,8,14H2,1-2H3,(H2,15,16,17,18). The van der Waals surface area contributed by atoms with Gasteiger partial charge >= 0.3 is 0 Å². The van der Waals surface area contributed by atoms with Crippen molar-refractivity contribution in [2.45, 2.75) is 38.8 Å². The average Bonchev–Trinajstić information content (AvgIpc) is 2.39. The first-order chi connectivity index (χ1) is 9.17. The van der Waals surface area contributed by atoms with Gasteiger partial charge in [-0.25, -0.2) is 9.97 Å². The van der Waals surface area contributed by atoms with Gasteiger partial charge in [0.1, 0.15) is 17.5 Å². The van der Waals surface area contributed by atoms with Crippen molar-refractivity contribution in [2.75, 3.05) is 30.4 Å². The van der Waals surface area contributed by atoms with E-state index in [0.717, 1.165) is 43.5 Å². The Morgan fingerprint density at radius 2 is 2.05 bits per heavy atom. The van der Waals surface area contributed by atoms with E-state index >= 15 is 0 Å². The number of nitrogens with one attached hydrogen (secondary N) is 2. The van der Waals surface area contributed by atoms with Crippen LogP contribution in [-0.2, 0) is 4.74 Å². The van der Waals surface area contributed by atoms with Crippen LogP contribution < -0.4 is 16.4 Å². The Bertz CT molecular complexity index is 406. The molecule has 0 spiro atoms. The summed E-state index contributed by atoms with van der Waals surface area (Å²) in [6.45, 7) is 6.14. The number of ether oxygens (including phenoxy) is 1. The Balaban J connectivity index is 2.03. The molecule has 106 valence electrons. The number of hydrogen-bond acceptors (Lipinski definition) is 6. The van der Waals surface area contributed by atoms with E-state index in [2.05, 4.69) is 20.6 Å². The second-order valence-corrected chi connectivity index (χ2v) is 5.00. The van der Waals surface area contributed by atoms with E-state index in [9.17, 15) is 0 Å². The highest BCUT2D eigenvalue weighted by molar-refractivity contribution is 5.48. The Morgan fingerprint density at radius 1 is 1.37 bits per heavy atom. The molecule has 0 saturated carbocycles. The molecule has 0 radical (unpaired) electrons. The molecular weight excluding hydrogens is 242 g/mol. The Morgan fingerprint density at radius 3 is 2.74 bits per heavy atom. The van der Waals surface area contributed by atoms with Crippen LogP contribution in [-0.4, -0.2) is 41.8 Å². The first kappa shape index (κ1) is 14.0. The Kier molecular flexibility index (Phi) is 4.93. The number of nitrogens with zero attached hydrogens (tertiary/aromatic N) is 2. The van der Waals surface area contributed by atoms with Crippen molar-refractivity contribution in [3.8, 4) is 0 Å². The molecule has 2 heterocycles. The molecule has 0 aromatic carbocycles. The molecular formula is C13H23N5O. The zero-order valence-corrected chi connectivity index (χ0v) is 11.6. The lowest BCUT2D eigenvalue weighted by Gasteiger charge is -2.24. The molecule has 1 aliphatic rings. The van der Waals surface area contributed by atoms with E-state index < -0.39 is 0 Å². The number of aryl methyl sites for hydroxylation is 1. The highest BCUT2D eigenvalue weighted by Gasteiger charge is 2.14. The second kappa shape index (κ2) is 6.68. The summed E-state index contributed by atoms with van der Waals surface area (Å²) in [5, 5.41) is 6.72. The lowest BCUT2D eigenvalue weighted by Crippen LogP contribution is -2.29. The third-order valence-electron chi connectivity index (χ3n) is 3.16. The molecule has 2 rings (SSSR count). The van der Waals surface area contributed by atoms with Gasteiger partial charge < -0.3 is 21.1 Å². The maximum atomic E-state index is 5.61. The van der Waals surface area contributed by atoms with Crippen LogP contribution in [0.2, 0.25) is 0 Å². The zero-order chi connectivity index (χ0) is 13.7. The van der Waals surface area contributed by atoms with Crippen LogP contribution in [0.15, 0.2) is 6.07 Å². The van der Waals surface area contributed by atoms with E-state index in [0.29, 0.717) is 12.6 Å². The van der Waals surface area contributed by atoms with Crippen LogP contribution in [0.3, 0.4) is 0 Å². The van der Waals surface area contributed by atoms with E-state index in [4.69, 9.17) is 10.5 Å². The van der Waals surface area contributed by atoms with E-state index in [1.807, 2.05) is 19.9 Å². The number of anilines is 2. The number of rotatable bonds is 5. The molecule has 4 N–H and O–H groups in total. The van der Waals surface area contributed by atoms with Crippen LogP contribution in [0, 0.1) is 6.92 Å². The van der Waals surface area contributed by atoms with Crippen LogP contribution >= 0.6 is 0 Å². The minimum atomic E-state index is 0.199. The van der Waals surface area contributed by atoms with Crippen molar-refractivity contribution < 1.29 is 4.74 Å². The van der Waals surface area contributed by atoms with Crippen molar-refractivity contribution >= 4 is 11.6 Å². The smallest absolute Gasteiger partial charge is 0.132 e. The summed E-state index contributed by atoms with van der Waals surface area (Å²) in [6.07, 6.45) is 2.04. The quantitative estimate of drug-likeness (QED) is 0.740. The highest BCUT2D eigenvalue weighted by Crippen LogP contribution is 2.16. The second-order valence-electron chi connectivity index (χ2n) is 5.00. The Labute approximate surface area is 114 Å². The Hall–Kier alpha value is -1.40. The number of aromatic nitrogens is 2. The first-order valence-corrected chi connectivity index (χ1v) is 6.84. The molecule has 1 atom stereocenters. The number of hydrogen-bond donors (Lipinski definition) is 3. The lowest BCUT2D eigenvalue weighted by molar-refractivity contribution is 0.0904. The van der Waals surface area contributed by atoms with Gasteiger partial charge in [0.2, 0.25) is 0 Å². The van der Waals surface area contributed by atoms with Crippen LogP contribution in [0.1, 0.15) is 25.6 Å². The molecule has 1 fully saturated rings. The summed E-state index contributed by atoms with van der Waals surface area (Å²) in [4.78, 5) is 8.80. The van der Waals surface area contributed by atoms with Gasteiger partial charge in [0.25, 0.3) is 0 Å². The average molecular weight is 265 g/mol. The third-order valence-corrected chi connectivity index (χ3v) is 3.16. The normalized spacial score (nSPS) is 18.1. The molecule has 19 heavy (non-hydrogen) atoms. The predicted molar refractivity (Wildman–Crippen MR) is 76.4 cm³/mol. The summed E-state index contributed by atoms with van der Waals surface area (Å²) in [5.41, 5.74) is 5.61. The zero-order valence-electron chi connectivity index (χ0n) is 11.6. The largest absolute Gasteiger partial charge is 0.381 e. The maximum Gasteiger partial charge on any atom is 0.132 e. The first-order valence-electron chi connectivity index (χ1n) is 6.84. The summed E-state index contributed by atoms with van der Waals surface area (Å²) in [5.74, 6) is 2.44. The molecule has 0 amide bonds. The number of nitrogens with two attached hydrogens (primary N) is 1. The van der Waals surface area contributed by atoms with Crippen molar-refractivity contribution in [1.29, 1.82) is 0 Å². The van der Waals surface area contributed by atoms with Gasteiger partial charge in [-0.3, -0.25) is 0 Å². The minimum Gasteiger partial charge on any atom is -0.381 e. The molecule has 1 aromatic rings. The van der Waals surface area contributed by atoms with Gasteiger partial charge in [-0.1, -0.05) is 0 Å². The summed E-state index contributed by atoms with van der Waals surface area (Å²) >= 11 is 0. The fourth-order valence-electron chi connectivity index (χ4n) is 2.08. The molecule has 6 heteroatoms. The van der Waals surface area contributed by atoms with Gasteiger partial charge in [0.15, 0.2) is 0 Å². The molecule has 1 unspecified atom stereocenters. The van der Waals surface area contributed by atoms with Crippen LogP contribution in [0.5, 0.6) is 0 Å². The van der Waals surface area contributed by atoms with Gasteiger partial charge in [-0.2, -0.15) is 0 Å². The summed E-state index contributed by atoms with van der Waals surface area (Å²) in [7, 11) is 0. The molecule has 6 nitrogen and oxygen atoms in total. The fourth-order valence-corrected chi connectivity index (χ4v) is 2.08. The van der Waals surface area contributed by atoms with Crippen molar-refractivity contribution in [3.05, 3.63) is 11.9 Å². The molecule has 1 saturated heterocycles. The highest BCUT2D eigenvalue weighted by atomic mass is 16.5. The van der Waals surface area contributed by atoms with Gasteiger partial charge in [-0.05, 0) is 26.7 Å². The summed E-state index contributed by atoms with van der Waals surface area (Å²) < 4.78 is 5.35. The van der Waals surface area contributed by atoms with Crippen molar-refractivity contribution in [3.63, 3.8) is 0 Å². The van der Waals surface area contributed by atoms with E-state index in [1.54, 1.807) is 0 Å². The molecule has 1 aromatic heterocycles. The van der Waals surface area contributed by atoms with Crippen LogP contribution in [0.4, 0.5) is 11.6 Å². The topological polar surface area (TPSA) is 85.1 Å². The monoisotopic (exact) mass is 265 g/mol. The molecule has 0 bridgehead atoms. The van der Waals surface area contributed by atoms with Crippen molar-refractivity contribution in [2.24, 2.45) is 5.73 Å². The van der Waals surface area contributed by atoms with Crippen molar-refractivity contribution in [1.82, 2.24) is 9.97 Å². The minimum absolute atomic E-state index is 0.199. The maximum absolute atomic E-state index is 5.61. The van der Waals surface area contributed by atoms with E-state index in [-0.39, 0.29) is 6.04 Å². The third kappa shape index (κ3) is 4.33. The van der Waals surface area contributed by atoms with E-state index in [1.165, 1.54) is 0 Å². The fraction of sp³-hybridized carbons (Fsp3) is 0.692. The molecule has 1 aliphatic heterocycles. The SMILES string of the molecule is Cc1nc(NC(C)CN)cc(NC2CCOCC2)n1.